The summed E-state index contributed by atoms with van der Waals surface area (Å²) in [5.74, 6) is 0.262. The van der Waals surface area contributed by atoms with Crippen LogP contribution in [0.15, 0.2) is 40.7 Å². The second-order valence-corrected chi connectivity index (χ2v) is 6.81. The Kier molecular flexibility index (Phi) is 11.0. The molecule has 27 heavy (non-hydrogen) atoms. The van der Waals surface area contributed by atoms with Crippen molar-refractivity contribution in [1.82, 2.24) is 16.0 Å². The fourth-order valence-electron chi connectivity index (χ4n) is 2.34. The number of nitrogens with one attached hydrogen (secondary N) is 3. The number of hydrogen-bond acceptors (Lipinski definition) is 3. The van der Waals surface area contributed by atoms with E-state index in [0.717, 1.165) is 12.5 Å². The molecule has 0 spiro atoms. The molecule has 2 aromatic rings. The van der Waals surface area contributed by atoms with Gasteiger partial charge in [-0.1, -0.05) is 12.1 Å². The lowest BCUT2D eigenvalue weighted by atomic mass is 10.1. The molecule has 0 saturated heterocycles. The van der Waals surface area contributed by atoms with Crippen LogP contribution < -0.4 is 16.0 Å². The number of guanidine groups is 1. The molecule has 0 saturated carbocycles. The molecule has 0 bridgehead atoms. The highest BCUT2D eigenvalue weighted by atomic mass is 127. The molecule has 0 fully saturated rings. The summed E-state index contributed by atoms with van der Waals surface area (Å²) in [6.45, 7) is 6.51. The van der Waals surface area contributed by atoms with Crippen molar-refractivity contribution >= 4 is 47.2 Å². The molecular weight excluding hydrogens is 478 g/mol. The quantitative estimate of drug-likeness (QED) is 0.224. The first-order valence-corrected chi connectivity index (χ1v) is 9.52. The van der Waals surface area contributed by atoms with Crippen molar-refractivity contribution in [2.24, 2.45) is 4.99 Å². The molecule has 1 aromatic carbocycles. The van der Waals surface area contributed by atoms with Crippen LogP contribution in [0.3, 0.4) is 0 Å². The van der Waals surface area contributed by atoms with E-state index in [4.69, 9.17) is 0 Å². The van der Waals surface area contributed by atoms with Crippen molar-refractivity contribution in [3.8, 4) is 0 Å². The van der Waals surface area contributed by atoms with Gasteiger partial charge in [0.1, 0.15) is 5.82 Å². The molecule has 0 aliphatic heterocycles. The van der Waals surface area contributed by atoms with Gasteiger partial charge in [0.15, 0.2) is 5.96 Å². The first kappa shape index (κ1) is 23.4. The van der Waals surface area contributed by atoms with Crippen LogP contribution in [0.2, 0.25) is 0 Å². The summed E-state index contributed by atoms with van der Waals surface area (Å²) in [4.78, 5) is 17.7. The van der Waals surface area contributed by atoms with Crippen LogP contribution in [0.5, 0.6) is 0 Å². The molecular formula is C19H26FIN4OS. The number of thiophene rings is 1. The molecule has 2 rings (SSSR count). The maximum absolute atomic E-state index is 13.1. The third-order valence-electron chi connectivity index (χ3n) is 3.69. The number of nitrogens with zero attached hydrogens (tertiary/aromatic N) is 1. The van der Waals surface area contributed by atoms with E-state index >= 15 is 0 Å². The van der Waals surface area contributed by atoms with Crippen LogP contribution in [0, 0.1) is 12.7 Å². The minimum absolute atomic E-state index is 0. The lowest BCUT2D eigenvalue weighted by Gasteiger charge is -2.12. The van der Waals surface area contributed by atoms with E-state index < -0.39 is 0 Å². The van der Waals surface area contributed by atoms with Gasteiger partial charge in [-0.25, -0.2) is 9.38 Å². The number of hydrogen-bond donors (Lipinski definition) is 3. The second-order valence-electron chi connectivity index (χ2n) is 5.81. The number of amides is 1. The average molecular weight is 504 g/mol. The number of aryl methyl sites for hydroxylation is 1. The van der Waals surface area contributed by atoms with Gasteiger partial charge in [0.25, 0.3) is 0 Å². The summed E-state index contributed by atoms with van der Waals surface area (Å²) in [6.07, 6.45) is 0.170. The standard InChI is InChI=1S/C19H25FN4OS.HI/c1-3-21-19(24-13-17-14(2)7-10-26-17)23-9-8-22-18(25)12-15-5-4-6-16(20)11-15;/h4-7,10-11H,3,8-9,12-13H2,1-2H3,(H,22,25)(H2,21,23,24);1H. The Balaban J connectivity index is 0.00000364. The molecule has 0 aliphatic carbocycles. The fourth-order valence-corrected chi connectivity index (χ4v) is 3.17. The monoisotopic (exact) mass is 504 g/mol. The largest absolute Gasteiger partial charge is 0.357 e. The zero-order chi connectivity index (χ0) is 18.8. The zero-order valence-corrected chi connectivity index (χ0v) is 18.7. The molecule has 1 heterocycles. The highest BCUT2D eigenvalue weighted by molar-refractivity contribution is 14.0. The van der Waals surface area contributed by atoms with Crippen LogP contribution in [-0.2, 0) is 17.8 Å². The molecule has 3 N–H and O–H groups in total. The Morgan fingerprint density at radius 3 is 2.63 bits per heavy atom. The lowest BCUT2D eigenvalue weighted by molar-refractivity contribution is -0.120. The molecule has 1 aromatic heterocycles. The van der Waals surface area contributed by atoms with E-state index in [0.29, 0.717) is 25.2 Å². The molecule has 8 heteroatoms. The lowest BCUT2D eigenvalue weighted by Crippen LogP contribution is -2.41. The maximum Gasteiger partial charge on any atom is 0.224 e. The van der Waals surface area contributed by atoms with E-state index in [1.807, 2.05) is 6.92 Å². The normalized spacial score (nSPS) is 10.9. The Hall–Kier alpha value is -1.68. The smallest absolute Gasteiger partial charge is 0.224 e. The zero-order valence-electron chi connectivity index (χ0n) is 15.5. The van der Waals surface area contributed by atoms with Gasteiger partial charge in [-0.05, 0) is 48.6 Å². The summed E-state index contributed by atoms with van der Waals surface area (Å²) < 4.78 is 13.1. The van der Waals surface area contributed by atoms with Gasteiger partial charge in [0.2, 0.25) is 5.91 Å². The third kappa shape index (κ3) is 8.70. The predicted octanol–water partition coefficient (Wildman–Crippen LogP) is 3.23. The van der Waals surface area contributed by atoms with Crippen LogP contribution in [0.25, 0.3) is 0 Å². The van der Waals surface area contributed by atoms with Crippen molar-refractivity contribution in [2.45, 2.75) is 26.8 Å². The molecule has 0 atom stereocenters. The number of aliphatic imine (C=N–C) groups is 1. The van der Waals surface area contributed by atoms with E-state index in [1.165, 1.54) is 22.6 Å². The van der Waals surface area contributed by atoms with Gasteiger partial charge < -0.3 is 16.0 Å². The van der Waals surface area contributed by atoms with E-state index in [9.17, 15) is 9.18 Å². The molecule has 5 nitrogen and oxygen atoms in total. The SMILES string of the molecule is CCNC(=NCc1sccc1C)NCCNC(=O)Cc1cccc(F)c1.I. The van der Waals surface area contributed by atoms with Crippen molar-refractivity contribution in [3.05, 3.63) is 57.5 Å². The fraction of sp³-hybridized carbons (Fsp3) is 0.368. The van der Waals surface area contributed by atoms with Crippen LogP contribution >= 0.6 is 35.3 Å². The van der Waals surface area contributed by atoms with Crippen molar-refractivity contribution in [2.75, 3.05) is 19.6 Å². The summed E-state index contributed by atoms with van der Waals surface area (Å²) in [5.41, 5.74) is 1.91. The predicted molar refractivity (Wildman–Crippen MR) is 120 cm³/mol. The summed E-state index contributed by atoms with van der Waals surface area (Å²) in [7, 11) is 0. The Morgan fingerprint density at radius 1 is 1.19 bits per heavy atom. The van der Waals surface area contributed by atoms with E-state index in [2.05, 4.69) is 39.3 Å². The van der Waals surface area contributed by atoms with Crippen molar-refractivity contribution in [1.29, 1.82) is 0 Å². The molecule has 0 unspecified atom stereocenters. The number of rotatable bonds is 8. The summed E-state index contributed by atoms with van der Waals surface area (Å²) in [5, 5.41) is 11.3. The summed E-state index contributed by atoms with van der Waals surface area (Å²) in [6, 6.07) is 8.17. The van der Waals surface area contributed by atoms with Crippen LogP contribution in [-0.4, -0.2) is 31.5 Å². The minimum Gasteiger partial charge on any atom is -0.357 e. The summed E-state index contributed by atoms with van der Waals surface area (Å²) >= 11 is 1.70. The van der Waals surface area contributed by atoms with Gasteiger partial charge >= 0.3 is 0 Å². The third-order valence-corrected chi connectivity index (χ3v) is 4.69. The van der Waals surface area contributed by atoms with Crippen LogP contribution in [0.4, 0.5) is 4.39 Å². The van der Waals surface area contributed by atoms with Crippen molar-refractivity contribution < 1.29 is 9.18 Å². The molecule has 1 amide bonds. The Morgan fingerprint density at radius 2 is 1.96 bits per heavy atom. The number of carbonyl (C=O) groups is 1. The van der Waals surface area contributed by atoms with E-state index in [1.54, 1.807) is 23.5 Å². The molecule has 0 aliphatic rings. The highest BCUT2D eigenvalue weighted by Gasteiger charge is 2.04. The molecule has 0 radical (unpaired) electrons. The van der Waals surface area contributed by atoms with E-state index in [-0.39, 0.29) is 42.1 Å². The van der Waals surface area contributed by atoms with Gasteiger partial charge in [0, 0.05) is 24.5 Å². The Labute approximate surface area is 180 Å². The topological polar surface area (TPSA) is 65.5 Å². The number of carbonyl (C=O) groups excluding carboxylic acids is 1. The Bertz CT molecular complexity index is 751. The highest BCUT2D eigenvalue weighted by Crippen LogP contribution is 2.16. The first-order valence-electron chi connectivity index (χ1n) is 8.64. The first-order chi connectivity index (χ1) is 12.6. The van der Waals surface area contributed by atoms with Gasteiger partial charge in [0.05, 0.1) is 13.0 Å². The minimum atomic E-state index is -0.329. The van der Waals surface area contributed by atoms with Gasteiger partial charge in [-0.15, -0.1) is 35.3 Å². The van der Waals surface area contributed by atoms with Crippen LogP contribution in [0.1, 0.15) is 22.9 Å². The number of halogens is 2. The average Bonchev–Trinajstić information content (AvgIpc) is 3.01. The van der Waals surface area contributed by atoms with Gasteiger partial charge in [-0.3, -0.25) is 4.79 Å². The van der Waals surface area contributed by atoms with Gasteiger partial charge in [-0.2, -0.15) is 0 Å². The number of benzene rings is 1. The maximum atomic E-state index is 13.1. The second kappa shape index (κ2) is 12.7. The van der Waals surface area contributed by atoms with Crippen molar-refractivity contribution in [3.63, 3.8) is 0 Å². The molecule has 148 valence electrons.